The van der Waals surface area contributed by atoms with Crippen LogP contribution in [-0.4, -0.2) is 123 Å². The maximum absolute atomic E-state index is 12.2. The fourth-order valence-corrected chi connectivity index (χ4v) is 3.93. The van der Waals surface area contributed by atoms with Crippen molar-refractivity contribution >= 4 is 21.8 Å². The minimum Gasteiger partial charge on any atom is -0.449 e. The van der Waals surface area contributed by atoms with Crippen molar-refractivity contribution in [1.29, 1.82) is 0 Å². The van der Waals surface area contributed by atoms with Gasteiger partial charge in [0.25, 0.3) is 0 Å². The van der Waals surface area contributed by atoms with Gasteiger partial charge in [-0.15, -0.1) is 0 Å². The first-order valence-electron chi connectivity index (χ1n) is 12.3. The molecule has 0 aliphatic heterocycles. The Morgan fingerprint density at radius 2 is 1.53 bits per heavy atom. The Kier molecular flexibility index (Phi) is 20.4. The lowest BCUT2D eigenvalue weighted by Crippen LogP contribution is -2.53. The Morgan fingerprint density at radius 1 is 0.974 bits per heavy atom. The molecule has 15 nitrogen and oxygen atoms in total. The number of ether oxygens (including phenoxy) is 5. The summed E-state index contributed by atoms with van der Waals surface area (Å²) in [5.74, 6) is -0.608. The summed E-state index contributed by atoms with van der Waals surface area (Å²) < 4.78 is 50.0. The van der Waals surface area contributed by atoms with Crippen molar-refractivity contribution in [2.24, 2.45) is 10.5 Å². The van der Waals surface area contributed by atoms with E-state index in [1.54, 1.807) is 13.8 Å². The zero-order valence-corrected chi connectivity index (χ0v) is 23.4. The molecule has 3 N–H and O–H groups in total. The normalized spacial score (nSPS) is 12.4. The van der Waals surface area contributed by atoms with Gasteiger partial charge in [-0.1, -0.05) is 19.0 Å². The van der Waals surface area contributed by atoms with Gasteiger partial charge in [-0.2, -0.15) is 0 Å². The minimum atomic E-state index is -3.43. The van der Waals surface area contributed by atoms with Crippen molar-refractivity contribution in [2.45, 2.75) is 32.7 Å². The van der Waals surface area contributed by atoms with Gasteiger partial charge in [-0.05, 0) is 5.53 Å². The summed E-state index contributed by atoms with van der Waals surface area (Å²) in [5.41, 5.74) is 7.32. The summed E-state index contributed by atoms with van der Waals surface area (Å²) in [5, 5.41) is 17.4. The van der Waals surface area contributed by atoms with Crippen molar-refractivity contribution in [3.05, 3.63) is 10.4 Å². The number of amides is 2. The number of alkyl carbamates (subject to hydrolysis) is 1. The Balaban J connectivity index is 4.07. The fraction of sp³-hybridized carbons (Fsp3) is 0.909. The first kappa shape index (κ1) is 35.8. The van der Waals surface area contributed by atoms with Crippen LogP contribution in [0.1, 0.15) is 26.7 Å². The van der Waals surface area contributed by atoms with Crippen LogP contribution in [0.4, 0.5) is 4.79 Å². The van der Waals surface area contributed by atoms with E-state index < -0.39 is 27.4 Å². The quantitative estimate of drug-likeness (QED) is 0.0631. The molecule has 0 aliphatic carbocycles. The van der Waals surface area contributed by atoms with Gasteiger partial charge in [0.1, 0.15) is 9.84 Å². The van der Waals surface area contributed by atoms with Crippen molar-refractivity contribution in [2.75, 3.05) is 91.2 Å². The molecule has 2 amide bonds. The number of azide groups is 1. The van der Waals surface area contributed by atoms with E-state index in [2.05, 4.69) is 20.7 Å². The van der Waals surface area contributed by atoms with Crippen molar-refractivity contribution in [1.82, 2.24) is 10.6 Å². The second kappa shape index (κ2) is 21.7. The summed E-state index contributed by atoms with van der Waals surface area (Å²) >= 11 is 0. The molecule has 0 aliphatic rings. The third-order valence-corrected chi connectivity index (χ3v) is 5.91. The monoisotopic (exact) mass is 569 g/mol. The molecule has 0 aromatic heterocycles. The zero-order chi connectivity index (χ0) is 28.7. The molecule has 16 heteroatoms. The molecule has 0 bridgehead atoms. The van der Waals surface area contributed by atoms with Crippen LogP contribution in [0, 0.1) is 5.41 Å². The topological polar surface area (TPSA) is 207 Å². The van der Waals surface area contributed by atoms with Crippen LogP contribution in [0.5, 0.6) is 0 Å². The molecule has 0 fully saturated rings. The van der Waals surface area contributed by atoms with Gasteiger partial charge < -0.3 is 39.4 Å². The van der Waals surface area contributed by atoms with Gasteiger partial charge in [-0.25, -0.2) is 13.2 Å². The minimum absolute atomic E-state index is 0.00157. The summed E-state index contributed by atoms with van der Waals surface area (Å²) in [6.45, 7) is 6.49. The van der Waals surface area contributed by atoms with Crippen LogP contribution in [0.2, 0.25) is 0 Å². The number of aliphatic hydroxyl groups is 1. The maximum atomic E-state index is 12.2. The fourth-order valence-electron chi connectivity index (χ4n) is 2.79. The van der Waals surface area contributed by atoms with E-state index in [4.69, 9.17) is 34.3 Å². The number of nitrogens with zero attached hydrogens (tertiary/aromatic N) is 3. The number of hydrogen-bond acceptors (Lipinski definition) is 11. The van der Waals surface area contributed by atoms with Crippen LogP contribution in [0.3, 0.4) is 0 Å². The number of rotatable bonds is 24. The predicted octanol–water partition coefficient (Wildman–Crippen LogP) is 0.417. The third kappa shape index (κ3) is 21.8. The van der Waals surface area contributed by atoms with E-state index in [0.717, 1.165) is 6.26 Å². The maximum Gasteiger partial charge on any atom is 0.407 e. The van der Waals surface area contributed by atoms with E-state index in [1.807, 2.05) is 0 Å². The number of hydrogen-bond donors (Lipinski definition) is 3. The number of sulfone groups is 1. The third-order valence-electron chi connectivity index (χ3n) is 4.97. The average Bonchev–Trinajstić information content (AvgIpc) is 2.84. The van der Waals surface area contributed by atoms with Crippen LogP contribution < -0.4 is 10.6 Å². The standard InChI is InChI=1S/C22H43N5O10S/c1-22(2,19(17-38(3,31)32)26-21(30)37-8-4-7-28)18-24-20(29)5-9-33-11-13-35-15-16-36-14-12-34-10-6-25-27-23/h19,28H,4-18H2,1-3H3,(H,24,29)(H,26,30). The second-order valence-electron chi connectivity index (χ2n) is 8.92. The molecule has 38 heavy (non-hydrogen) atoms. The molecule has 0 rings (SSSR count). The van der Waals surface area contributed by atoms with Crippen molar-refractivity contribution in [3.8, 4) is 0 Å². The van der Waals surface area contributed by atoms with Crippen molar-refractivity contribution in [3.63, 3.8) is 0 Å². The number of carbonyl (C=O) groups is 2. The average molecular weight is 570 g/mol. The molecule has 0 heterocycles. The number of aliphatic hydroxyl groups excluding tert-OH is 1. The lowest BCUT2D eigenvalue weighted by molar-refractivity contribution is -0.122. The molecule has 1 unspecified atom stereocenters. The van der Waals surface area contributed by atoms with Gasteiger partial charge in [-0.3, -0.25) is 4.79 Å². The van der Waals surface area contributed by atoms with Crippen LogP contribution in [-0.2, 0) is 38.3 Å². The number of carbonyl (C=O) groups excluding carboxylic acids is 2. The van der Waals surface area contributed by atoms with Crippen LogP contribution >= 0.6 is 0 Å². The molecule has 0 aromatic rings. The Morgan fingerprint density at radius 3 is 2.05 bits per heavy atom. The molecule has 0 aromatic carbocycles. The molecule has 0 saturated carbocycles. The lowest BCUT2D eigenvalue weighted by atomic mass is 9.85. The Labute approximate surface area is 224 Å². The van der Waals surface area contributed by atoms with Gasteiger partial charge in [0.2, 0.25) is 5.91 Å². The highest BCUT2D eigenvalue weighted by Crippen LogP contribution is 2.21. The van der Waals surface area contributed by atoms with Gasteiger partial charge in [0.15, 0.2) is 0 Å². The van der Waals surface area contributed by atoms with Gasteiger partial charge in [0.05, 0.1) is 71.3 Å². The summed E-state index contributed by atoms with van der Waals surface area (Å²) in [6, 6.07) is -0.812. The van der Waals surface area contributed by atoms with E-state index in [1.165, 1.54) is 0 Å². The smallest absolute Gasteiger partial charge is 0.407 e. The largest absolute Gasteiger partial charge is 0.449 e. The zero-order valence-electron chi connectivity index (χ0n) is 22.6. The second-order valence-corrected chi connectivity index (χ2v) is 11.1. The van der Waals surface area contributed by atoms with E-state index in [0.29, 0.717) is 46.2 Å². The molecular weight excluding hydrogens is 526 g/mol. The van der Waals surface area contributed by atoms with Gasteiger partial charge >= 0.3 is 6.09 Å². The van der Waals surface area contributed by atoms with Crippen molar-refractivity contribution < 1.29 is 46.8 Å². The van der Waals surface area contributed by atoms with E-state index in [-0.39, 0.29) is 57.4 Å². The van der Waals surface area contributed by atoms with E-state index in [9.17, 15) is 18.0 Å². The Bertz CT molecular complexity index is 806. The van der Waals surface area contributed by atoms with Crippen LogP contribution in [0.25, 0.3) is 10.4 Å². The number of nitrogens with one attached hydrogen (secondary N) is 2. The molecule has 0 radical (unpaired) electrons. The molecule has 1 atom stereocenters. The highest BCUT2D eigenvalue weighted by atomic mass is 32.2. The highest BCUT2D eigenvalue weighted by molar-refractivity contribution is 7.90. The van der Waals surface area contributed by atoms with Gasteiger partial charge in [0, 0.05) is 49.1 Å². The molecular formula is C22H43N5O10S. The molecule has 222 valence electrons. The summed E-state index contributed by atoms with van der Waals surface area (Å²) in [7, 11) is -3.43. The predicted molar refractivity (Wildman–Crippen MR) is 138 cm³/mol. The van der Waals surface area contributed by atoms with E-state index >= 15 is 0 Å². The highest BCUT2D eigenvalue weighted by Gasteiger charge is 2.34. The summed E-state index contributed by atoms with van der Waals surface area (Å²) in [6.07, 6.45) is 0.647. The first-order valence-corrected chi connectivity index (χ1v) is 14.4. The summed E-state index contributed by atoms with van der Waals surface area (Å²) in [4.78, 5) is 26.8. The SMILES string of the molecule is CC(C)(CNC(=O)CCOCCOCCOCCOCCN=[N+]=[N-])C(CS(C)(=O)=O)NC(=O)OCCCO. The first-order chi connectivity index (χ1) is 18.0. The lowest BCUT2D eigenvalue weighted by Gasteiger charge is -2.34. The van der Waals surface area contributed by atoms with Crippen LogP contribution in [0.15, 0.2) is 5.11 Å². The molecule has 0 spiro atoms. The Hall–Kier alpha value is -2.20. The molecule has 0 saturated heterocycles.